The van der Waals surface area contributed by atoms with Crippen molar-refractivity contribution in [2.45, 2.75) is 0 Å². The average Bonchev–Trinajstić information content (AvgIpc) is 1.94. The first kappa shape index (κ1) is 10.7. The number of hydrogen-bond acceptors (Lipinski definition) is 2. The largest absolute Gasteiger partial charge is 0.250 e. The van der Waals surface area contributed by atoms with E-state index in [9.17, 15) is 8.60 Å². The third kappa shape index (κ3) is 3.44. The smallest absolute Gasteiger partial charge is 0.139 e. The summed E-state index contributed by atoms with van der Waals surface area (Å²) in [6.45, 7) is 0. The fourth-order valence-corrected chi connectivity index (χ4v) is 1.66. The van der Waals surface area contributed by atoms with Crippen molar-refractivity contribution in [3.05, 3.63) is 28.5 Å². The van der Waals surface area contributed by atoms with Crippen molar-refractivity contribution in [3.8, 4) is 0 Å². The molecule has 0 aliphatic carbocycles. The van der Waals surface area contributed by atoms with E-state index < -0.39 is 15.5 Å². The van der Waals surface area contributed by atoms with Gasteiger partial charge in [0.05, 0.1) is 10.2 Å². The van der Waals surface area contributed by atoms with Gasteiger partial charge in [-0.1, -0.05) is 0 Å². The number of hydrogen-bond donors (Lipinski definition) is 0. The van der Waals surface area contributed by atoms with Gasteiger partial charge >= 0.3 is 0 Å². The van der Waals surface area contributed by atoms with E-state index in [0.29, 0.717) is 10.2 Å². The highest BCUT2D eigenvalue weighted by atomic mass is 79.9. The molecule has 1 aromatic carbocycles. The molecule has 0 aliphatic heterocycles. The number of benzene rings is 1. The Balaban J connectivity index is 3.21. The molecule has 0 saturated heterocycles. The topological polar surface area (TPSA) is 29.4 Å². The molecule has 13 heavy (non-hydrogen) atoms. The van der Waals surface area contributed by atoms with E-state index in [1.807, 2.05) is 0 Å². The molecule has 5 heteroatoms. The molecule has 0 bridgehead atoms. The molecule has 72 valence electrons. The summed E-state index contributed by atoms with van der Waals surface area (Å²) in [5.74, 6) is -0.398. The molecule has 0 atom stereocenters. The van der Waals surface area contributed by atoms with Crippen LogP contribution in [0.1, 0.15) is 0 Å². The van der Waals surface area contributed by atoms with Gasteiger partial charge in [0.1, 0.15) is 5.82 Å². The second kappa shape index (κ2) is 3.75. The predicted octanol–water partition coefficient (Wildman–Crippen LogP) is 2.95. The van der Waals surface area contributed by atoms with Crippen LogP contribution in [-0.2, 0) is 9.73 Å². The van der Waals surface area contributed by atoms with E-state index in [4.69, 9.17) is 0 Å². The van der Waals surface area contributed by atoms with Crippen LogP contribution in [0.4, 0.5) is 10.1 Å². The van der Waals surface area contributed by atoms with Crippen LogP contribution < -0.4 is 0 Å². The van der Waals surface area contributed by atoms with Gasteiger partial charge in [-0.3, -0.25) is 0 Å². The fraction of sp³-hybridized carbons (Fsp3) is 0.250. The fourth-order valence-electron chi connectivity index (χ4n) is 0.796. The normalized spacial score (nSPS) is 11.4. The molecule has 0 fully saturated rings. The molecule has 0 unspecified atom stereocenters. The molecule has 0 amide bonds. The molecule has 0 aliphatic rings. The molecule has 2 nitrogen and oxygen atoms in total. The van der Waals surface area contributed by atoms with Gasteiger partial charge in [-0.2, -0.15) is 4.36 Å². The van der Waals surface area contributed by atoms with Gasteiger partial charge in [0.15, 0.2) is 0 Å². The van der Waals surface area contributed by atoms with Crippen molar-refractivity contribution >= 4 is 31.3 Å². The van der Waals surface area contributed by atoms with Crippen molar-refractivity contribution in [2.24, 2.45) is 4.36 Å². The van der Waals surface area contributed by atoms with E-state index >= 15 is 0 Å². The second-order valence-corrected chi connectivity index (χ2v) is 6.27. The summed E-state index contributed by atoms with van der Waals surface area (Å²) >= 11 is 3.02. The van der Waals surface area contributed by atoms with Crippen molar-refractivity contribution in [1.29, 1.82) is 0 Å². The van der Waals surface area contributed by atoms with Crippen molar-refractivity contribution in [1.82, 2.24) is 0 Å². The minimum Gasteiger partial charge on any atom is -0.250 e. The van der Waals surface area contributed by atoms with Crippen LogP contribution in [0.25, 0.3) is 0 Å². The average molecular weight is 266 g/mol. The van der Waals surface area contributed by atoms with Crippen LogP contribution in [0.3, 0.4) is 0 Å². The zero-order valence-corrected chi connectivity index (χ0v) is 9.65. The van der Waals surface area contributed by atoms with Gasteiger partial charge in [0, 0.05) is 28.3 Å². The maximum Gasteiger partial charge on any atom is 0.139 e. The van der Waals surface area contributed by atoms with E-state index in [1.54, 1.807) is 12.1 Å². The SMILES string of the molecule is CS(C)(=O)=Nc1ccc(Br)c(F)c1. The number of nitrogens with zero attached hydrogens (tertiary/aromatic N) is 1. The lowest BCUT2D eigenvalue weighted by molar-refractivity contribution is 0.621. The third-order valence-corrected chi connectivity index (χ3v) is 2.52. The number of halogens is 2. The lowest BCUT2D eigenvalue weighted by atomic mass is 10.3. The highest BCUT2D eigenvalue weighted by Crippen LogP contribution is 2.21. The van der Waals surface area contributed by atoms with Crippen LogP contribution in [0.5, 0.6) is 0 Å². The lowest BCUT2D eigenvalue weighted by Gasteiger charge is -1.98. The van der Waals surface area contributed by atoms with Gasteiger partial charge in [-0.15, -0.1) is 0 Å². The van der Waals surface area contributed by atoms with Gasteiger partial charge in [-0.25, -0.2) is 8.60 Å². The lowest BCUT2D eigenvalue weighted by Crippen LogP contribution is -1.89. The second-order valence-electron chi connectivity index (χ2n) is 2.87. The molecule has 0 aromatic heterocycles. The zero-order valence-electron chi connectivity index (χ0n) is 7.25. The Hall–Kier alpha value is -0.420. The summed E-state index contributed by atoms with van der Waals surface area (Å²) in [6, 6.07) is 4.40. The molecule has 0 N–H and O–H groups in total. The Morgan fingerprint density at radius 3 is 2.54 bits per heavy atom. The zero-order chi connectivity index (χ0) is 10.1. The summed E-state index contributed by atoms with van der Waals surface area (Å²) in [7, 11) is -2.21. The highest BCUT2D eigenvalue weighted by Gasteiger charge is 2.00. The molecule has 0 radical (unpaired) electrons. The van der Waals surface area contributed by atoms with Crippen molar-refractivity contribution in [2.75, 3.05) is 12.5 Å². The van der Waals surface area contributed by atoms with Gasteiger partial charge in [0.2, 0.25) is 0 Å². The number of rotatable bonds is 1. The molecular weight excluding hydrogens is 257 g/mol. The van der Waals surface area contributed by atoms with E-state index in [1.165, 1.54) is 18.6 Å². The summed E-state index contributed by atoms with van der Waals surface area (Å²) in [4.78, 5) is 0. The standard InChI is InChI=1S/C8H9BrFNOS/c1-13(2,12)11-6-3-4-7(9)8(10)5-6/h3-5H,1-2H3. The van der Waals surface area contributed by atoms with Gasteiger partial charge in [0.25, 0.3) is 0 Å². The van der Waals surface area contributed by atoms with Crippen LogP contribution in [-0.4, -0.2) is 16.7 Å². The molecule has 0 saturated carbocycles. The minimum absolute atomic E-state index is 0.380. The third-order valence-electron chi connectivity index (χ3n) is 1.23. The van der Waals surface area contributed by atoms with Crippen LogP contribution in [0.15, 0.2) is 27.0 Å². The first-order valence-corrected chi connectivity index (χ1v) is 6.63. The summed E-state index contributed by atoms with van der Waals surface area (Å²) < 4.78 is 28.4. The molecule has 1 rings (SSSR count). The van der Waals surface area contributed by atoms with Crippen LogP contribution >= 0.6 is 15.9 Å². The maximum absolute atomic E-state index is 13.0. The van der Waals surface area contributed by atoms with E-state index in [2.05, 4.69) is 20.3 Å². The Bertz CT molecular complexity index is 430. The van der Waals surface area contributed by atoms with Crippen molar-refractivity contribution < 1.29 is 8.60 Å². The molecule has 0 spiro atoms. The summed E-state index contributed by atoms with van der Waals surface area (Å²) in [5, 5.41) is 0. The Morgan fingerprint density at radius 1 is 1.46 bits per heavy atom. The van der Waals surface area contributed by atoms with Gasteiger partial charge < -0.3 is 0 Å². The quantitative estimate of drug-likeness (QED) is 0.768. The highest BCUT2D eigenvalue weighted by molar-refractivity contribution is 9.10. The summed E-state index contributed by atoms with van der Waals surface area (Å²) in [6.07, 6.45) is 3.01. The van der Waals surface area contributed by atoms with Crippen LogP contribution in [0.2, 0.25) is 0 Å². The molecule has 1 aromatic rings. The van der Waals surface area contributed by atoms with Gasteiger partial charge in [-0.05, 0) is 28.1 Å². The van der Waals surface area contributed by atoms with E-state index in [-0.39, 0.29) is 0 Å². The Labute approximate surface area is 85.5 Å². The monoisotopic (exact) mass is 265 g/mol. The first-order valence-electron chi connectivity index (χ1n) is 3.51. The van der Waals surface area contributed by atoms with Crippen LogP contribution in [0, 0.1) is 5.82 Å². The molecule has 0 heterocycles. The minimum atomic E-state index is -2.21. The summed E-state index contributed by atoms with van der Waals surface area (Å²) in [5.41, 5.74) is 0.399. The molecular formula is C8H9BrFNOS. The Kier molecular flexibility index (Phi) is 3.08. The maximum atomic E-state index is 13.0. The predicted molar refractivity (Wildman–Crippen MR) is 56.2 cm³/mol. The Morgan fingerprint density at radius 2 is 2.08 bits per heavy atom. The first-order chi connectivity index (χ1) is 5.88. The van der Waals surface area contributed by atoms with Crippen molar-refractivity contribution in [3.63, 3.8) is 0 Å². The van der Waals surface area contributed by atoms with E-state index in [0.717, 1.165) is 0 Å².